The van der Waals surface area contributed by atoms with Crippen LogP contribution in [0.5, 0.6) is 5.75 Å². The number of hydrogen-bond donors (Lipinski definition) is 1. The first-order valence-electron chi connectivity index (χ1n) is 6.75. The third-order valence-corrected chi connectivity index (χ3v) is 3.82. The van der Waals surface area contributed by atoms with Gasteiger partial charge in [0.25, 0.3) is 0 Å². The van der Waals surface area contributed by atoms with Gasteiger partial charge in [-0.05, 0) is 18.1 Å². The number of aliphatic carboxylic acids is 1. The van der Waals surface area contributed by atoms with Crippen molar-refractivity contribution in [2.24, 2.45) is 0 Å². The van der Waals surface area contributed by atoms with Crippen LogP contribution in [0.25, 0.3) is 0 Å². The Bertz CT molecular complexity index is 607. The number of ether oxygens (including phenoxy) is 1. The van der Waals surface area contributed by atoms with E-state index in [-0.39, 0.29) is 5.92 Å². The molecule has 0 aromatic heterocycles. The van der Waals surface area contributed by atoms with Gasteiger partial charge in [0.05, 0.1) is 12.5 Å². The summed E-state index contributed by atoms with van der Waals surface area (Å²) in [5.74, 6) is -0.237. The molecule has 1 heterocycles. The summed E-state index contributed by atoms with van der Waals surface area (Å²) in [5, 5.41) is 9.49. The van der Waals surface area contributed by atoms with E-state index in [0.29, 0.717) is 13.0 Å². The third kappa shape index (κ3) is 2.39. The van der Waals surface area contributed by atoms with Crippen molar-refractivity contribution in [1.82, 2.24) is 0 Å². The molecule has 3 nitrogen and oxygen atoms in total. The molecular weight excluding hydrogens is 252 g/mol. The van der Waals surface area contributed by atoms with Crippen molar-refractivity contribution >= 4 is 5.97 Å². The molecule has 2 aromatic carbocycles. The highest BCUT2D eigenvalue weighted by molar-refractivity contribution is 5.76. The Balaban J connectivity index is 1.84. The molecule has 0 saturated heterocycles. The van der Waals surface area contributed by atoms with Gasteiger partial charge in [-0.1, -0.05) is 48.5 Å². The van der Waals surface area contributed by atoms with Crippen LogP contribution in [0.15, 0.2) is 54.6 Å². The van der Waals surface area contributed by atoms with Crippen molar-refractivity contribution in [2.45, 2.75) is 18.3 Å². The lowest BCUT2D eigenvalue weighted by atomic mass is 9.86. The van der Waals surface area contributed by atoms with E-state index in [2.05, 4.69) is 0 Å². The van der Waals surface area contributed by atoms with E-state index in [1.807, 2.05) is 54.6 Å². The number of hydrogen-bond acceptors (Lipinski definition) is 2. The molecule has 2 aromatic rings. The van der Waals surface area contributed by atoms with E-state index >= 15 is 0 Å². The molecular formula is C17H16O3. The van der Waals surface area contributed by atoms with Crippen molar-refractivity contribution < 1.29 is 14.6 Å². The quantitative estimate of drug-likeness (QED) is 0.924. The molecule has 0 radical (unpaired) electrons. The van der Waals surface area contributed by atoms with Crippen molar-refractivity contribution in [3.63, 3.8) is 0 Å². The van der Waals surface area contributed by atoms with Gasteiger partial charge in [-0.15, -0.1) is 0 Å². The number of carboxylic acid groups (broad SMARTS) is 1. The van der Waals surface area contributed by atoms with Gasteiger partial charge < -0.3 is 9.84 Å². The van der Waals surface area contributed by atoms with Crippen LogP contribution in [0.3, 0.4) is 0 Å². The molecule has 0 amide bonds. The minimum atomic E-state index is -0.777. The maximum Gasteiger partial charge on any atom is 0.310 e. The van der Waals surface area contributed by atoms with Gasteiger partial charge in [0.15, 0.2) is 0 Å². The van der Waals surface area contributed by atoms with Crippen LogP contribution in [0, 0.1) is 0 Å². The first-order valence-corrected chi connectivity index (χ1v) is 6.75. The lowest BCUT2D eigenvalue weighted by Crippen LogP contribution is -2.16. The Kier molecular flexibility index (Phi) is 3.42. The van der Waals surface area contributed by atoms with E-state index < -0.39 is 11.9 Å². The smallest absolute Gasteiger partial charge is 0.310 e. The maximum absolute atomic E-state index is 11.6. The zero-order chi connectivity index (χ0) is 13.9. The Labute approximate surface area is 117 Å². The van der Waals surface area contributed by atoms with E-state index in [1.165, 1.54) is 0 Å². The number of rotatable bonds is 4. The highest BCUT2D eigenvalue weighted by Crippen LogP contribution is 2.39. The Morgan fingerprint density at radius 2 is 1.85 bits per heavy atom. The Morgan fingerprint density at radius 1 is 1.15 bits per heavy atom. The predicted molar refractivity (Wildman–Crippen MR) is 76.1 cm³/mol. The highest BCUT2D eigenvalue weighted by Gasteiger charge is 2.30. The lowest BCUT2D eigenvalue weighted by molar-refractivity contribution is -0.139. The minimum Gasteiger partial charge on any atom is -0.493 e. The van der Waals surface area contributed by atoms with Crippen molar-refractivity contribution in [2.75, 3.05) is 6.61 Å². The van der Waals surface area contributed by atoms with Crippen LogP contribution in [-0.2, 0) is 4.79 Å². The summed E-state index contributed by atoms with van der Waals surface area (Å²) < 4.78 is 5.63. The summed E-state index contributed by atoms with van der Waals surface area (Å²) in [6.45, 7) is 0.565. The van der Waals surface area contributed by atoms with Gasteiger partial charge in [-0.25, -0.2) is 0 Å². The number of para-hydroxylation sites is 1. The fraction of sp³-hybridized carbons (Fsp3) is 0.235. The van der Waals surface area contributed by atoms with Crippen LogP contribution >= 0.6 is 0 Å². The third-order valence-electron chi connectivity index (χ3n) is 3.82. The van der Waals surface area contributed by atoms with E-state index in [4.69, 9.17) is 4.74 Å². The summed E-state index contributed by atoms with van der Waals surface area (Å²) in [7, 11) is 0. The molecule has 2 atom stereocenters. The SMILES string of the molecule is O=C(O)C(CC1COc2ccccc21)c1ccccc1. The van der Waals surface area contributed by atoms with E-state index in [0.717, 1.165) is 16.9 Å². The molecule has 1 aliphatic rings. The van der Waals surface area contributed by atoms with Gasteiger partial charge in [0.2, 0.25) is 0 Å². The minimum absolute atomic E-state index is 0.146. The van der Waals surface area contributed by atoms with E-state index in [1.54, 1.807) is 0 Å². The second kappa shape index (κ2) is 5.37. The van der Waals surface area contributed by atoms with Crippen LogP contribution in [0.2, 0.25) is 0 Å². The molecule has 0 aliphatic carbocycles. The van der Waals surface area contributed by atoms with Crippen LogP contribution < -0.4 is 4.74 Å². The molecule has 102 valence electrons. The molecule has 1 N–H and O–H groups in total. The molecule has 1 aliphatic heterocycles. The summed E-state index contributed by atoms with van der Waals surface area (Å²) in [6, 6.07) is 17.3. The second-order valence-electron chi connectivity index (χ2n) is 5.08. The monoisotopic (exact) mass is 268 g/mol. The highest BCUT2D eigenvalue weighted by atomic mass is 16.5. The van der Waals surface area contributed by atoms with Crippen LogP contribution in [0.1, 0.15) is 29.4 Å². The molecule has 0 fully saturated rings. The summed E-state index contributed by atoms with van der Waals surface area (Å²) in [4.78, 5) is 11.6. The normalized spacial score (nSPS) is 18.1. The van der Waals surface area contributed by atoms with Crippen LogP contribution in [0.4, 0.5) is 0 Å². The number of benzene rings is 2. The Morgan fingerprint density at radius 3 is 2.60 bits per heavy atom. The largest absolute Gasteiger partial charge is 0.493 e. The summed E-state index contributed by atoms with van der Waals surface area (Å²) in [5.41, 5.74) is 1.97. The van der Waals surface area contributed by atoms with Crippen LogP contribution in [-0.4, -0.2) is 17.7 Å². The molecule has 3 rings (SSSR count). The second-order valence-corrected chi connectivity index (χ2v) is 5.08. The van der Waals surface area contributed by atoms with Crippen molar-refractivity contribution in [3.8, 4) is 5.75 Å². The molecule has 20 heavy (non-hydrogen) atoms. The summed E-state index contributed by atoms with van der Waals surface area (Å²) >= 11 is 0. The van der Waals surface area contributed by atoms with Crippen molar-refractivity contribution in [1.29, 1.82) is 0 Å². The fourth-order valence-electron chi connectivity index (χ4n) is 2.77. The molecule has 0 saturated carbocycles. The lowest BCUT2D eigenvalue weighted by Gasteiger charge is -2.16. The number of carbonyl (C=O) groups is 1. The van der Waals surface area contributed by atoms with Gasteiger partial charge in [-0.2, -0.15) is 0 Å². The first kappa shape index (κ1) is 12.7. The standard InChI is InChI=1S/C17H16O3/c18-17(19)15(12-6-2-1-3-7-12)10-13-11-20-16-9-5-4-8-14(13)16/h1-9,13,15H,10-11H2,(H,18,19). The van der Waals surface area contributed by atoms with Gasteiger partial charge >= 0.3 is 5.97 Å². The fourth-order valence-corrected chi connectivity index (χ4v) is 2.77. The Hall–Kier alpha value is -2.29. The zero-order valence-electron chi connectivity index (χ0n) is 11.0. The molecule has 2 unspecified atom stereocenters. The molecule has 0 spiro atoms. The summed E-state index contributed by atoms with van der Waals surface area (Å²) in [6.07, 6.45) is 0.566. The topological polar surface area (TPSA) is 46.5 Å². The molecule has 3 heteroatoms. The average Bonchev–Trinajstić information content (AvgIpc) is 2.88. The van der Waals surface area contributed by atoms with Gasteiger partial charge in [0.1, 0.15) is 5.75 Å². The van der Waals surface area contributed by atoms with Gasteiger partial charge in [0, 0.05) is 11.5 Å². The van der Waals surface area contributed by atoms with Gasteiger partial charge in [-0.3, -0.25) is 4.79 Å². The first-order chi connectivity index (χ1) is 9.75. The number of carboxylic acids is 1. The number of fused-ring (bicyclic) bond motifs is 1. The predicted octanol–water partition coefficient (Wildman–Crippen LogP) is 3.42. The van der Waals surface area contributed by atoms with Crippen molar-refractivity contribution in [3.05, 3.63) is 65.7 Å². The average molecular weight is 268 g/mol. The molecule has 0 bridgehead atoms. The van der Waals surface area contributed by atoms with E-state index in [9.17, 15) is 9.90 Å². The maximum atomic E-state index is 11.6. The zero-order valence-corrected chi connectivity index (χ0v) is 11.0.